The Bertz CT molecular complexity index is 1530. The summed E-state index contributed by atoms with van der Waals surface area (Å²) in [5.74, 6) is 0. The fourth-order valence-corrected chi connectivity index (χ4v) is 5.14. The second kappa shape index (κ2) is 9.18. The van der Waals surface area contributed by atoms with Crippen LogP contribution < -0.4 is 4.72 Å². The summed E-state index contributed by atoms with van der Waals surface area (Å²) < 4.78 is 25.8. The third kappa shape index (κ3) is 4.74. The molecule has 0 aromatic heterocycles. The Morgan fingerprint density at radius 3 is 2.29 bits per heavy atom. The van der Waals surface area contributed by atoms with Crippen molar-refractivity contribution in [3.63, 3.8) is 0 Å². The van der Waals surface area contributed by atoms with Crippen LogP contribution in [0.1, 0.15) is 27.8 Å². The topological polar surface area (TPSA) is 46.2 Å². The molecule has 1 aliphatic rings. The highest BCUT2D eigenvalue weighted by atomic mass is 32.2. The number of nitrogens with one attached hydrogen (secondary N) is 1. The number of rotatable bonds is 4. The largest absolute Gasteiger partial charge is 0.284 e. The van der Waals surface area contributed by atoms with E-state index in [1.54, 1.807) is 6.07 Å². The number of fused-ring (bicyclic) bond motifs is 2. The molecule has 0 saturated heterocycles. The van der Waals surface area contributed by atoms with Gasteiger partial charge in [-0.1, -0.05) is 84.9 Å². The van der Waals surface area contributed by atoms with E-state index in [1.807, 2.05) is 30.3 Å². The number of sulfonamides is 1. The summed E-state index contributed by atoms with van der Waals surface area (Å²) in [6.07, 6.45) is 5.01. The van der Waals surface area contributed by atoms with Crippen molar-refractivity contribution in [3.05, 3.63) is 131 Å². The summed E-state index contributed by atoms with van der Waals surface area (Å²) in [6, 6.07) is 32.9. The predicted molar refractivity (Wildman–Crippen MR) is 141 cm³/mol. The molecule has 3 nitrogen and oxygen atoms in total. The molecular weight excluding hydrogens is 438 g/mol. The van der Waals surface area contributed by atoms with Crippen molar-refractivity contribution in [1.82, 2.24) is 0 Å². The fraction of sp³-hybridized carbons (Fsp3) is 0.100. The minimum absolute atomic E-state index is 0.538. The van der Waals surface area contributed by atoms with Crippen molar-refractivity contribution in [2.45, 2.75) is 12.8 Å². The maximum atomic E-state index is 11.6. The number of aryl methyl sites for hydroxylation is 1. The lowest BCUT2D eigenvalue weighted by molar-refractivity contribution is 0.607. The molecular formula is C30H25NO2S. The van der Waals surface area contributed by atoms with Gasteiger partial charge in [0, 0.05) is 11.3 Å². The number of hydrogen-bond acceptors (Lipinski definition) is 2. The molecule has 168 valence electrons. The van der Waals surface area contributed by atoms with Gasteiger partial charge in [0.1, 0.15) is 0 Å². The lowest BCUT2D eigenvalue weighted by atomic mass is 9.89. The van der Waals surface area contributed by atoms with Crippen LogP contribution in [0.2, 0.25) is 0 Å². The van der Waals surface area contributed by atoms with Crippen LogP contribution in [-0.2, 0) is 22.9 Å². The lowest BCUT2D eigenvalue weighted by Crippen LogP contribution is -2.09. The van der Waals surface area contributed by atoms with Gasteiger partial charge in [-0.15, -0.1) is 5.73 Å². The Hall–Kier alpha value is -3.85. The van der Waals surface area contributed by atoms with Crippen LogP contribution in [-0.4, -0.2) is 14.7 Å². The molecule has 1 N–H and O–H groups in total. The fourth-order valence-electron chi connectivity index (χ4n) is 4.58. The Balaban J connectivity index is 1.68. The molecule has 0 fully saturated rings. The summed E-state index contributed by atoms with van der Waals surface area (Å²) >= 11 is 0. The minimum Gasteiger partial charge on any atom is -0.284 e. The molecule has 34 heavy (non-hydrogen) atoms. The van der Waals surface area contributed by atoms with Crippen LogP contribution in [0.5, 0.6) is 0 Å². The van der Waals surface area contributed by atoms with Gasteiger partial charge in [0.2, 0.25) is 10.0 Å². The van der Waals surface area contributed by atoms with E-state index in [0.29, 0.717) is 5.69 Å². The Labute approximate surface area is 201 Å². The van der Waals surface area contributed by atoms with Gasteiger partial charge in [0.25, 0.3) is 0 Å². The molecule has 0 aliphatic heterocycles. The van der Waals surface area contributed by atoms with Crippen molar-refractivity contribution in [3.8, 4) is 11.1 Å². The van der Waals surface area contributed by atoms with Crippen molar-refractivity contribution < 1.29 is 8.42 Å². The maximum Gasteiger partial charge on any atom is 0.229 e. The summed E-state index contributed by atoms with van der Waals surface area (Å²) in [6.45, 7) is 0. The predicted octanol–water partition coefficient (Wildman–Crippen LogP) is 6.57. The van der Waals surface area contributed by atoms with E-state index >= 15 is 0 Å². The third-order valence-corrected chi connectivity index (χ3v) is 6.64. The Kier molecular flexibility index (Phi) is 5.93. The quantitative estimate of drug-likeness (QED) is 0.348. The molecule has 5 rings (SSSR count). The highest BCUT2D eigenvalue weighted by Gasteiger charge is 2.20. The second-order valence-corrected chi connectivity index (χ2v) is 10.3. The van der Waals surface area contributed by atoms with Gasteiger partial charge in [-0.3, -0.25) is 4.72 Å². The lowest BCUT2D eigenvalue weighted by Gasteiger charge is -2.14. The smallest absolute Gasteiger partial charge is 0.229 e. The normalized spacial score (nSPS) is 12.7. The van der Waals surface area contributed by atoms with Gasteiger partial charge in [-0.25, -0.2) is 8.42 Å². The average Bonchev–Trinajstić information content (AvgIpc) is 2.99. The molecule has 0 spiro atoms. The van der Waals surface area contributed by atoms with Crippen LogP contribution in [0, 0.1) is 0 Å². The van der Waals surface area contributed by atoms with Gasteiger partial charge < -0.3 is 0 Å². The Morgan fingerprint density at radius 2 is 1.47 bits per heavy atom. The monoisotopic (exact) mass is 463 g/mol. The molecule has 4 aromatic rings. The zero-order chi connectivity index (χ0) is 23.5. The van der Waals surface area contributed by atoms with E-state index in [1.165, 1.54) is 33.4 Å². The van der Waals surface area contributed by atoms with Crippen LogP contribution in [0.4, 0.5) is 5.69 Å². The van der Waals surface area contributed by atoms with Gasteiger partial charge in [-0.05, 0) is 70.0 Å². The average molecular weight is 464 g/mol. The Morgan fingerprint density at radius 1 is 0.765 bits per heavy atom. The minimum atomic E-state index is -3.33. The molecule has 0 saturated carbocycles. The summed E-state index contributed by atoms with van der Waals surface area (Å²) in [7, 11) is -3.33. The highest BCUT2D eigenvalue weighted by Crippen LogP contribution is 2.37. The molecule has 1 aliphatic carbocycles. The highest BCUT2D eigenvalue weighted by molar-refractivity contribution is 7.92. The van der Waals surface area contributed by atoms with E-state index in [0.717, 1.165) is 30.2 Å². The molecule has 0 radical (unpaired) electrons. The van der Waals surface area contributed by atoms with Crippen LogP contribution in [0.15, 0.2) is 103 Å². The van der Waals surface area contributed by atoms with Crippen LogP contribution in [0.3, 0.4) is 0 Å². The molecule has 0 bridgehead atoms. The SMILES string of the molecule is CS(=O)(=O)Nc1cccc(C=C=C2c3ccccc3CCc3c2cccc3-c2ccccc2)c1. The van der Waals surface area contributed by atoms with Gasteiger partial charge >= 0.3 is 0 Å². The summed E-state index contributed by atoms with van der Waals surface area (Å²) in [5.41, 5.74) is 13.5. The first-order valence-electron chi connectivity index (χ1n) is 11.3. The van der Waals surface area contributed by atoms with E-state index in [4.69, 9.17) is 0 Å². The number of benzene rings is 4. The first-order valence-corrected chi connectivity index (χ1v) is 13.2. The van der Waals surface area contributed by atoms with Crippen molar-refractivity contribution >= 4 is 27.4 Å². The third-order valence-electron chi connectivity index (χ3n) is 6.03. The summed E-state index contributed by atoms with van der Waals surface area (Å²) in [5, 5.41) is 0. The molecule has 4 heteroatoms. The molecule has 0 atom stereocenters. The standard InChI is InChI=1S/C30H25NO2S/c1-34(32,33)31-25-13-7-9-22(21-25)17-19-29-26-14-6-5-12-24(26)18-20-30-27(15-8-16-28(29)30)23-10-3-2-4-11-23/h2-17,21,31H,18,20H2,1H3. The van der Waals surface area contributed by atoms with E-state index in [9.17, 15) is 8.42 Å². The van der Waals surface area contributed by atoms with Gasteiger partial charge in [0.15, 0.2) is 0 Å². The van der Waals surface area contributed by atoms with Crippen molar-refractivity contribution in [2.24, 2.45) is 0 Å². The second-order valence-electron chi connectivity index (χ2n) is 8.52. The van der Waals surface area contributed by atoms with Crippen LogP contribution in [0.25, 0.3) is 22.8 Å². The van der Waals surface area contributed by atoms with Gasteiger partial charge in [-0.2, -0.15) is 0 Å². The number of hydrogen-bond donors (Lipinski definition) is 1. The van der Waals surface area contributed by atoms with E-state index in [2.05, 4.69) is 77.2 Å². The zero-order valence-electron chi connectivity index (χ0n) is 19.0. The number of anilines is 1. The van der Waals surface area contributed by atoms with Crippen molar-refractivity contribution in [1.29, 1.82) is 0 Å². The zero-order valence-corrected chi connectivity index (χ0v) is 19.8. The first kappa shape index (κ1) is 22.0. The van der Waals surface area contributed by atoms with E-state index in [-0.39, 0.29) is 0 Å². The van der Waals surface area contributed by atoms with E-state index < -0.39 is 10.0 Å². The first-order chi connectivity index (χ1) is 16.5. The molecule has 0 unspecified atom stereocenters. The summed E-state index contributed by atoms with van der Waals surface area (Å²) in [4.78, 5) is 0. The molecule has 0 amide bonds. The van der Waals surface area contributed by atoms with Gasteiger partial charge in [0.05, 0.1) is 6.26 Å². The maximum absolute atomic E-state index is 11.6. The van der Waals surface area contributed by atoms with Crippen LogP contribution >= 0.6 is 0 Å². The molecule has 4 aromatic carbocycles. The molecule has 0 heterocycles. The van der Waals surface area contributed by atoms with Crippen molar-refractivity contribution in [2.75, 3.05) is 11.0 Å².